The lowest BCUT2D eigenvalue weighted by molar-refractivity contribution is 0.0386. The number of hydrogen-bond acceptors (Lipinski definition) is 6. The van der Waals surface area contributed by atoms with Gasteiger partial charge in [-0.3, -0.25) is 4.79 Å². The lowest BCUT2D eigenvalue weighted by Crippen LogP contribution is -2.24. The Morgan fingerprint density at radius 1 is 1.14 bits per heavy atom. The Kier molecular flexibility index (Phi) is 7.17. The summed E-state index contributed by atoms with van der Waals surface area (Å²) in [6.07, 6.45) is 0. The van der Waals surface area contributed by atoms with E-state index in [0.717, 1.165) is 4.31 Å². The van der Waals surface area contributed by atoms with Gasteiger partial charge in [-0.25, -0.2) is 17.5 Å². The Labute approximate surface area is 170 Å². The molecule has 0 atom stereocenters. The number of ether oxygens (including phenoxy) is 2. The summed E-state index contributed by atoms with van der Waals surface area (Å²) < 4.78 is 36.1. The van der Waals surface area contributed by atoms with Crippen LogP contribution in [0.3, 0.4) is 0 Å². The fourth-order valence-corrected chi connectivity index (χ4v) is 3.79. The number of nitrogens with one attached hydrogen (secondary N) is 2. The number of anilines is 1. The molecule has 10 heteroatoms. The number of rotatable bonds is 8. The highest BCUT2D eigenvalue weighted by molar-refractivity contribution is 7.89. The molecule has 9 nitrogen and oxygen atoms in total. The largest absolute Gasteiger partial charge is 0.460 e. The number of benzene rings is 1. The van der Waals surface area contributed by atoms with Crippen LogP contribution in [0.1, 0.15) is 32.1 Å². The van der Waals surface area contributed by atoms with Gasteiger partial charge in [-0.15, -0.1) is 0 Å². The number of aromatic amines is 1. The van der Waals surface area contributed by atoms with Crippen LogP contribution in [0.4, 0.5) is 5.69 Å². The van der Waals surface area contributed by atoms with E-state index in [1.54, 1.807) is 26.0 Å². The summed E-state index contributed by atoms with van der Waals surface area (Å²) in [6, 6.07) is 6.11. The van der Waals surface area contributed by atoms with E-state index >= 15 is 0 Å². The summed E-state index contributed by atoms with van der Waals surface area (Å²) in [6.45, 7) is 3.63. The molecule has 0 spiro atoms. The molecule has 29 heavy (non-hydrogen) atoms. The summed E-state index contributed by atoms with van der Waals surface area (Å²) in [5.74, 6) is -1.13. The first kappa shape index (κ1) is 22.6. The fourth-order valence-electron chi connectivity index (χ4n) is 2.75. The van der Waals surface area contributed by atoms with Crippen molar-refractivity contribution in [3.05, 3.63) is 46.8 Å². The van der Waals surface area contributed by atoms with Crippen molar-refractivity contribution in [3.8, 4) is 0 Å². The number of nitrogens with zero attached hydrogens (tertiary/aromatic N) is 1. The van der Waals surface area contributed by atoms with Gasteiger partial charge in [-0.05, 0) is 31.5 Å². The molecule has 1 amide bonds. The van der Waals surface area contributed by atoms with Crippen LogP contribution < -0.4 is 5.32 Å². The van der Waals surface area contributed by atoms with Gasteiger partial charge in [0.1, 0.15) is 17.2 Å². The maximum atomic E-state index is 12.8. The molecule has 2 rings (SSSR count). The highest BCUT2D eigenvalue weighted by atomic mass is 32.2. The number of carbonyl (C=O) groups excluding carboxylic acids is 2. The third-order valence-electron chi connectivity index (χ3n) is 4.28. The molecule has 0 radical (unpaired) electrons. The number of H-pyrrole nitrogens is 1. The first-order valence-electron chi connectivity index (χ1n) is 8.79. The Bertz CT molecular complexity index is 1010. The molecule has 0 saturated heterocycles. The second-order valence-electron chi connectivity index (χ2n) is 6.49. The minimum absolute atomic E-state index is 0.0292. The van der Waals surface area contributed by atoms with Crippen LogP contribution >= 0.6 is 0 Å². The zero-order valence-corrected chi connectivity index (χ0v) is 17.8. The number of esters is 1. The first-order valence-corrected chi connectivity index (χ1v) is 10.2. The van der Waals surface area contributed by atoms with Gasteiger partial charge < -0.3 is 19.8 Å². The van der Waals surface area contributed by atoms with Gasteiger partial charge in [0.2, 0.25) is 10.0 Å². The van der Waals surface area contributed by atoms with E-state index in [2.05, 4.69) is 10.3 Å². The maximum absolute atomic E-state index is 12.8. The van der Waals surface area contributed by atoms with E-state index in [9.17, 15) is 18.0 Å². The smallest absolute Gasteiger partial charge is 0.340 e. The Balaban J connectivity index is 2.32. The van der Waals surface area contributed by atoms with Gasteiger partial charge in [-0.2, -0.15) is 0 Å². The molecule has 158 valence electrons. The Morgan fingerprint density at radius 2 is 1.79 bits per heavy atom. The number of aryl methyl sites for hydroxylation is 1. The van der Waals surface area contributed by atoms with E-state index < -0.39 is 21.9 Å². The van der Waals surface area contributed by atoms with E-state index in [-0.39, 0.29) is 35.1 Å². The standard InChI is InChI=1S/C19H25N3O6S/c1-12-16(19(24)28-11-10-27-5)13(2)20-17(12)18(23)21-14-8-6-7-9-15(14)29(25,26)22(3)4/h6-9,20H,10-11H2,1-5H3,(H,21,23). The summed E-state index contributed by atoms with van der Waals surface area (Å²) in [5.41, 5.74) is 1.44. The highest BCUT2D eigenvalue weighted by Crippen LogP contribution is 2.25. The van der Waals surface area contributed by atoms with Crippen molar-refractivity contribution in [3.63, 3.8) is 0 Å². The minimum Gasteiger partial charge on any atom is -0.460 e. The third-order valence-corrected chi connectivity index (χ3v) is 6.16. The third kappa shape index (κ3) is 4.84. The molecular formula is C19H25N3O6S. The van der Waals surface area contributed by atoms with Gasteiger partial charge in [0.25, 0.3) is 5.91 Å². The molecule has 0 aliphatic heterocycles. The molecule has 0 fully saturated rings. The summed E-state index contributed by atoms with van der Waals surface area (Å²) in [7, 11) is 0.566. The normalized spacial score (nSPS) is 11.5. The lowest BCUT2D eigenvalue weighted by atomic mass is 10.1. The van der Waals surface area contributed by atoms with Crippen molar-refractivity contribution < 1.29 is 27.5 Å². The number of methoxy groups -OCH3 is 1. The van der Waals surface area contributed by atoms with Crippen LogP contribution in [0.5, 0.6) is 0 Å². The SMILES string of the molecule is COCCOC(=O)c1c(C)[nH]c(C(=O)Nc2ccccc2S(=O)(=O)N(C)C)c1C. The minimum atomic E-state index is -3.75. The number of amides is 1. The number of aromatic nitrogens is 1. The van der Waals surface area contributed by atoms with Crippen LogP contribution in [-0.2, 0) is 19.5 Å². The van der Waals surface area contributed by atoms with E-state index in [4.69, 9.17) is 9.47 Å². The molecule has 0 aliphatic carbocycles. The number of carbonyl (C=O) groups is 2. The van der Waals surface area contributed by atoms with Crippen molar-refractivity contribution in [2.75, 3.05) is 39.7 Å². The second kappa shape index (κ2) is 9.21. The first-order chi connectivity index (χ1) is 13.6. The van der Waals surface area contributed by atoms with Crippen molar-refractivity contribution in [2.24, 2.45) is 0 Å². The van der Waals surface area contributed by atoms with Crippen LogP contribution in [0.25, 0.3) is 0 Å². The molecule has 1 aromatic heterocycles. The van der Waals surface area contributed by atoms with Crippen molar-refractivity contribution in [1.29, 1.82) is 0 Å². The van der Waals surface area contributed by atoms with E-state index in [1.807, 2.05) is 0 Å². The summed E-state index contributed by atoms with van der Waals surface area (Å²) in [5, 5.41) is 2.61. The van der Waals surface area contributed by atoms with Crippen LogP contribution in [0, 0.1) is 13.8 Å². The average molecular weight is 423 g/mol. The van der Waals surface area contributed by atoms with Gasteiger partial charge in [0.05, 0.1) is 17.9 Å². The van der Waals surface area contributed by atoms with E-state index in [0.29, 0.717) is 11.3 Å². The Morgan fingerprint density at radius 3 is 2.41 bits per heavy atom. The molecule has 2 N–H and O–H groups in total. The number of hydrogen-bond donors (Lipinski definition) is 2. The summed E-state index contributed by atoms with van der Waals surface area (Å²) in [4.78, 5) is 28.0. The number of sulfonamides is 1. The summed E-state index contributed by atoms with van der Waals surface area (Å²) >= 11 is 0. The molecule has 0 unspecified atom stereocenters. The lowest BCUT2D eigenvalue weighted by Gasteiger charge is -2.15. The van der Waals surface area contributed by atoms with Crippen molar-refractivity contribution >= 4 is 27.6 Å². The van der Waals surface area contributed by atoms with Gasteiger partial charge >= 0.3 is 5.97 Å². The Hall–Kier alpha value is -2.69. The monoisotopic (exact) mass is 423 g/mol. The van der Waals surface area contributed by atoms with Crippen LogP contribution in [0.2, 0.25) is 0 Å². The van der Waals surface area contributed by atoms with Gasteiger partial charge in [-0.1, -0.05) is 12.1 Å². The second-order valence-corrected chi connectivity index (χ2v) is 8.61. The van der Waals surface area contributed by atoms with Gasteiger partial charge in [0.15, 0.2) is 0 Å². The molecule has 0 saturated carbocycles. The predicted molar refractivity (Wildman–Crippen MR) is 108 cm³/mol. The molecule has 0 bridgehead atoms. The highest BCUT2D eigenvalue weighted by Gasteiger charge is 2.26. The van der Waals surface area contributed by atoms with Crippen LogP contribution in [-0.4, -0.2) is 64.0 Å². The molecule has 2 aromatic rings. The quantitative estimate of drug-likeness (QED) is 0.495. The van der Waals surface area contributed by atoms with Gasteiger partial charge in [0, 0.05) is 26.9 Å². The van der Waals surface area contributed by atoms with Crippen molar-refractivity contribution in [2.45, 2.75) is 18.7 Å². The average Bonchev–Trinajstić information content (AvgIpc) is 2.96. The zero-order chi connectivity index (χ0) is 21.8. The zero-order valence-electron chi connectivity index (χ0n) is 17.0. The van der Waals surface area contributed by atoms with Crippen molar-refractivity contribution in [1.82, 2.24) is 9.29 Å². The maximum Gasteiger partial charge on any atom is 0.340 e. The topological polar surface area (TPSA) is 118 Å². The van der Waals surface area contributed by atoms with E-state index in [1.165, 1.54) is 33.3 Å². The van der Waals surface area contributed by atoms with Crippen LogP contribution in [0.15, 0.2) is 29.2 Å². The molecule has 0 aliphatic rings. The fraction of sp³-hybridized carbons (Fsp3) is 0.368. The predicted octanol–water partition coefficient (Wildman–Crippen LogP) is 1.94. The number of para-hydroxylation sites is 1. The molecule has 1 heterocycles. The molecular weight excluding hydrogens is 398 g/mol. The molecule has 1 aromatic carbocycles.